The first-order valence-electron chi connectivity index (χ1n) is 4.39. The molecule has 0 amide bonds. The first-order chi connectivity index (χ1) is 6.70. The van der Waals surface area contributed by atoms with Crippen molar-refractivity contribution in [1.82, 2.24) is 9.97 Å². The molecule has 1 aromatic heterocycles. The van der Waals surface area contributed by atoms with Gasteiger partial charge in [-0.1, -0.05) is 22.9 Å². The summed E-state index contributed by atoms with van der Waals surface area (Å²) in [5.41, 5.74) is 0.666. The monoisotopic (exact) mass is 252 g/mol. The fourth-order valence-electron chi connectivity index (χ4n) is 1.33. The molecule has 0 unspecified atom stereocenters. The minimum absolute atomic E-state index is 0.0700. The van der Waals surface area contributed by atoms with E-state index in [9.17, 15) is 4.79 Å². The molecule has 14 heavy (non-hydrogen) atoms. The first kappa shape index (κ1) is 9.40. The average molecular weight is 253 g/mol. The summed E-state index contributed by atoms with van der Waals surface area (Å²) in [5, 5.41) is 0.630. The van der Waals surface area contributed by atoms with Crippen molar-refractivity contribution in [3.05, 3.63) is 38.9 Å². The van der Waals surface area contributed by atoms with Gasteiger partial charge in [-0.15, -0.1) is 0 Å². The Bertz CT molecular complexity index is 533. The van der Waals surface area contributed by atoms with Crippen molar-refractivity contribution in [3.63, 3.8) is 0 Å². The second-order valence-corrected chi connectivity index (χ2v) is 3.94. The molecule has 0 atom stereocenters. The summed E-state index contributed by atoms with van der Waals surface area (Å²) in [6.45, 7) is 1.96. The van der Waals surface area contributed by atoms with Crippen LogP contribution in [-0.4, -0.2) is 9.97 Å². The third-order valence-electron chi connectivity index (χ3n) is 2.05. The standard InChI is InChI=1S/C10H9BrN2O/c1-2-9-12-8-5-6(11)3-4-7(8)10(14)13-9/h3-5H,2H2,1H3,(H,12,13,14). The van der Waals surface area contributed by atoms with Crippen LogP contribution in [0.15, 0.2) is 27.5 Å². The molecule has 1 aromatic carbocycles. The van der Waals surface area contributed by atoms with Crippen LogP contribution in [0.1, 0.15) is 12.7 Å². The lowest BCUT2D eigenvalue weighted by atomic mass is 10.2. The Labute approximate surface area is 89.3 Å². The van der Waals surface area contributed by atoms with Gasteiger partial charge in [0.2, 0.25) is 0 Å². The number of fused-ring (bicyclic) bond motifs is 1. The predicted molar refractivity (Wildman–Crippen MR) is 59.4 cm³/mol. The van der Waals surface area contributed by atoms with Crippen LogP contribution in [0.2, 0.25) is 0 Å². The minimum atomic E-state index is -0.0700. The molecule has 0 aliphatic rings. The molecule has 0 saturated carbocycles. The summed E-state index contributed by atoms with van der Waals surface area (Å²) in [5.74, 6) is 0.723. The molecule has 72 valence electrons. The molecule has 0 fully saturated rings. The molecule has 0 aliphatic carbocycles. The van der Waals surface area contributed by atoms with Crippen LogP contribution in [-0.2, 0) is 6.42 Å². The third kappa shape index (κ3) is 1.57. The number of aromatic nitrogens is 2. The van der Waals surface area contributed by atoms with Crippen molar-refractivity contribution in [2.45, 2.75) is 13.3 Å². The topological polar surface area (TPSA) is 45.8 Å². The Balaban J connectivity index is 2.84. The van der Waals surface area contributed by atoms with Gasteiger partial charge in [0.1, 0.15) is 5.82 Å². The molecular weight excluding hydrogens is 244 g/mol. The Morgan fingerprint density at radius 1 is 1.50 bits per heavy atom. The Morgan fingerprint density at radius 3 is 3.00 bits per heavy atom. The number of aromatic amines is 1. The largest absolute Gasteiger partial charge is 0.310 e. The lowest BCUT2D eigenvalue weighted by Crippen LogP contribution is -2.11. The zero-order valence-corrected chi connectivity index (χ0v) is 9.26. The van der Waals surface area contributed by atoms with E-state index in [0.717, 1.165) is 22.2 Å². The second-order valence-electron chi connectivity index (χ2n) is 3.03. The van der Waals surface area contributed by atoms with Crippen LogP contribution in [0.25, 0.3) is 10.9 Å². The van der Waals surface area contributed by atoms with Gasteiger partial charge in [-0.3, -0.25) is 4.79 Å². The molecule has 3 nitrogen and oxygen atoms in total. The highest BCUT2D eigenvalue weighted by Gasteiger charge is 2.02. The number of hydrogen-bond acceptors (Lipinski definition) is 2. The van der Waals surface area contributed by atoms with Gasteiger partial charge in [-0.25, -0.2) is 4.98 Å². The highest BCUT2D eigenvalue weighted by Crippen LogP contribution is 2.15. The van der Waals surface area contributed by atoms with Crippen LogP contribution in [0.3, 0.4) is 0 Å². The summed E-state index contributed by atoms with van der Waals surface area (Å²) < 4.78 is 0.935. The zero-order valence-electron chi connectivity index (χ0n) is 7.67. The van der Waals surface area contributed by atoms with E-state index in [1.165, 1.54) is 0 Å². The molecule has 2 rings (SSSR count). The molecule has 0 spiro atoms. The number of benzene rings is 1. The van der Waals surface area contributed by atoms with E-state index in [2.05, 4.69) is 25.9 Å². The molecule has 4 heteroatoms. The maximum Gasteiger partial charge on any atom is 0.258 e. The van der Waals surface area contributed by atoms with Crippen molar-refractivity contribution in [1.29, 1.82) is 0 Å². The number of aryl methyl sites for hydroxylation is 1. The quantitative estimate of drug-likeness (QED) is 0.847. The molecule has 0 radical (unpaired) electrons. The number of H-pyrrole nitrogens is 1. The van der Waals surface area contributed by atoms with Gasteiger partial charge in [0.15, 0.2) is 0 Å². The molecule has 1 N–H and O–H groups in total. The fourth-order valence-corrected chi connectivity index (χ4v) is 1.68. The highest BCUT2D eigenvalue weighted by molar-refractivity contribution is 9.10. The lowest BCUT2D eigenvalue weighted by Gasteiger charge is -2.00. The fraction of sp³-hybridized carbons (Fsp3) is 0.200. The van der Waals surface area contributed by atoms with E-state index in [4.69, 9.17) is 0 Å². The van der Waals surface area contributed by atoms with Crippen LogP contribution in [0.4, 0.5) is 0 Å². The molecule has 2 aromatic rings. The van der Waals surface area contributed by atoms with Crippen molar-refractivity contribution in [2.75, 3.05) is 0 Å². The summed E-state index contributed by atoms with van der Waals surface area (Å²) in [6.07, 6.45) is 0.734. The Hall–Kier alpha value is -1.16. The Morgan fingerprint density at radius 2 is 2.29 bits per heavy atom. The van der Waals surface area contributed by atoms with Crippen molar-refractivity contribution < 1.29 is 0 Å². The van der Waals surface area contributed by atoms with Crippen LogP contribution in [0.5, 0.6) is 0 Å². The second kappa shape index (κ2) is 3.53. The van der Waals surface area contributed by atoms with Crippen LogP contribution in [0, 0.1) is 0 Å². The van der Waals surface area contributed by atoms with E-state index in [-0.39, 0.29) is 5.56 Å². The number of hydrogen-bond donors (Lipinski definition) is 1. The van der Waals surface area contributed by atoms with Gasteiger partial charge in [0.05, 0.1) is 10.9 Å². The van der Waals surface area contributed by atoms with Gasteiger partial charge in [0.25, 0.3) is 5.56 Å². The van der Waals surface area contributed by atoms with Gasteiger partial charge in [-0.05, 0) is 18.2 Å². The van der Waals surface area contributed by atoms with Crippen molar-refractivity contribution in [3.8, 4) is 0 Å². The van der Waals surface area contributed by atoms with Crippen molar-refractivity contribution >= 4 is 26.8 Å². The number of halogens is 1. The zero-order chi connectivity index (χ0) is 10.1. The van der Waals surface area contributed by atoms with E-state index in [0.29, 0.717) is 5.39 Å². The number of nitrogens with one attached hydrogen (secondary N) is 1. The molecule has 0 bridgehead atoms. The summed E-state index contributed by atoms with van der Waals surface area (Å²) in [7, 11) is 0. The van der Waals surface area contributed by atoms with Crippen LogP contribution >= 0.6 is 15.9 Å². The predicted octanol–water partition coefficient (Wildman–Crippen LogP) is 2.25. The normalized spacial score (nSPS) is 10.7. The summed E-state index contributed by atoms with van der Waals surface area (Å²) >= 11 is 3.35. The van der Waals surface area contributed by atoms with E-state index < -0.39 is 0 Å². The van der Waals surface area contributed by atoms with Crippen molar-refractivity contribution in [2.24, 2.45) is 0 Å². The molecule has 1 heterocycles. The SMILES string of the molecule is CCc1nc2cc(Br)ccc2c(=O)[nH]1. The van der Waals surface area contributed by atoms with Gasteiger partial charge in [-0.2, -0.15) is 0 Å². The maximum absolute atomic E-state index is 11.6. The maximum atomic E-state index is 11.6. The third-order valence-corrected chi connectivity index (χ3v) is 2.55. The minimum Gasteiger partial charge on any atom is -0.310 e. The Kier molecular flexibility index (Phi) is 2.37. The van der Waals surface area contributed by atoms with E-state index >= 15 is 0 Å². The highest BCUT2D eigenvalue weighted by atomic mass is 79.9. The smallest absolute Gasteiger partial charge is 0.258 e. The number of rotatable bonds is 1. The van der Waals surface area contributed by atoms with Gasteiger partial charge in [0, 0.05) is 10.9 Å². The number of nitrogens with zero attached hydrogens (tertiary/aromatic N) is 1. The molecule has 0 aliphatic heterocycles. The van der Waals surface area contributed by atoms with E-state index in [1.54, 1.807) is 6.07 Å². The van der Waals surface area contributed by atoms with Crippen LogP contribution < -0.4 is 5.56 Å². The lowest BCUT2D eigenvalue weighted by molar-refractivity contribution is 0.944. The molecule has 0 saturated heterocycles. The van der Waals surface area contributed by atoms with E-state index in [1.807, 2.05) is 19.1 Å². The molecular formula is C10H9BrN2O. The summed E-state index contributed by atoms with van der Waals surface area (Å²) in [4.78, 5) is 18.6. The summed E-state index contributed by atoms with van der Waals surface area (Å²) in [6, 6.07) is 5.46. The van der Waals surface area contributed by atoms with Gasteiger partial charge < -0.3 is 4.98 Å². The van der Waals surface area contributed by atoms with Gasteiger partial charge >= 0.3 is 0 Å². The first-order valence-corrected chi connectivity index (χ1v) is 5.18. The average Bonchev–Trinajstić information content (AvgIpc) is 2.16.